The van der Waals surface area contributed by atoms with Crippen LogP contribution in [0.25, 0.3) is 0 Å². The Kier molecular flexibility index (Phi) is 6.66. The SMILES string of the molecule is COCCNC(=O)[C@H]1Cc2cc([N+](=O)[O-])ccc2N2CCN(Cc3ccc(F)cc3)C[C@H]12. The highest BCUT2D eigenvalue weighted by molar-refractivity contribution is 5.82. The number of rotatable bonds is 7. The van der Waals surface area contributed by atoms with Gasteiger partial charge in [0.15, 0.2) is 0 Å². The zero-order valence-electron chi connectivity index (χ0n) is 18.0. The van der Waals surface area contributed by atoms with E-state index in [0.29, 0.717) is 39.2 Å². The van der Waals surface area contributed by atoms with Crippen molar-refractivity contribution in [3.05, 3.63) is 69.5 Å². The highest BCUT2D eigenvalue weighted by atomic mass is 19.1. The standard InChI is InChI=1S/C23H27FN4O4/c1-32-11-8-25-23(29)20-13-17-12-19(28(30)31)6-7-21(17)27-10-9-26(15-22(20)27)14-16-2-4-18(24)5-3-16/h2-7,12,20,22H,8-11,13-15H2,1H3,(H,25,29)/t20-,22+/m0/s1. The number of nitro groups is 1. The summed E-state index contributed by atoms with van der Waals surface area (Å²) in [6.45, 7) is 3.68. The molecule has 1 N–H and O–H groups in total. The Hall–Kier alpha value is -3.04. The van der Waals surface area contributed by atoms with Gasteiger partial charge in [-0.1, -0.05) is 12.1 Å². The van der Waals surface area contributed by atoms with Crippen LogP contribution >= 0.6 is 0 Å². The molecule has 2 aromatic rings. The van der Waals surface area contributed by atoms with Crippen molar-refractivity contribution in [2.75, 3.05) is 44.8 Å². The van der Waals surface area contributed by atoms with Crippen LogP contribution in [-0.2, 0) is 22.5 Å². The van der Waals surface area contributed by atoms with Crippen LogP contribution in [0.15, 0.2) is 42.5 Å². The van der Waals surface area contributed by atoms with E-state index in [0.717, 1.165) is 23.4 Å². The van der Waals surface area contributed by atoms with Crippen molar-refractivity contribution in [2.45, 2.75) is 19.0 Å². The Morgan fingerprint density at radius 2 is 2.03 bits per heavy atom. The number of ether oxygens (including phenoxy) is 1. The maximum absolute atomic E-state index is 13.3. The van der Waals surface area contributed by atoms with Crippen LogP contribution in [0.4, 0.5) is 15.8 Å². The van der Waals surface area contributed by atoms with Crippen molar-refractivity contribution in [1.29, 1.82) is 0 Å². The number of benzene rings is 2. The summed E-state index contributed by atoms with van der Waals surface area (Å²) >= 11 is 0. The van der Waals surface area contributed by atoms with Gasteiger partial charge in [0, 0.05) is 57.7 Å². The minimum absolute atomic E-state index is 0.0377. The number of carbonyl (C=O) groups excluding carboxylic acids is 1. The third-order valence-corrected chi connectivity index (χ3v) is 6.25. The quantitative estimate of drug-likeness (QED) is 0.402. The second kappa shape index (κ2) is 9.62. The van der Waals surface area contributed by atoms with Crippen LogP contribution in [0.1, 0.15) is 11.1 Å². The van der Waals surface area contributed by atoms with E-state index >= 15 is 0 Å². The molecule has 0 unspecified atom stereocenters. The van der Waals surface area contributed by atoms with E-state index in [1.54, 1.807) is 31.4 Å². The molecule has 0 spiro atoms. The molecule has 2 aliphatic rings. The van der Waals surface area contributed by atoms with Crippen molar-refractivity contribution in [3.8, 4) is 0 Å². The predicted octanol–water partition coefficient (Wildman–Crippen LogP) is 2.36. The number of piperazine rings is 1. The zero-order chi connectivity index (χ0) is 22.7. The molecule has 0 bridgehead atoms. The monoisotopic (exact) mass is 442 g/mol. The third-order valence-electron chi connectivity index (χ3n) is 6.25. The number of nitrogens with one attached hydrogen (secondary N) is 1. The van der Waals surface area contributed by atoms with Crippen molar-refractivity contribution >= 4 is 17.3 Å². The summed E-state index contributed by atoms with van der Waals surface area (Å²) < 4.78 is 18.3. The molecule has 9 heteroatoms. The topological polar surface area (TPSA) is 87.9 Å². The summed E-state index contributed by atoms with van der Waals surface area (Å²) in [7, 11) is 1.58. The molecule has 32 heavy (non-hydrogen) atoms. The lowest BCUT2D eigenvalue weighted by atomic mass is 9.83. The van der Waals surface area contributed by atoms with E-state index in [-0.39, 0.29) is 29.4 Å². The first-order valence-electron chi connectivity index (χ1n) is 10.7. The number of carbonyl (C=O) groups is 1. The van der Waals surface area contributed by atoms with Crippen molar-refractivity contribution in [3.63, 3.8) is 0 Å². The minimum atomic E-state index is -0.402. The number of non-ortho nitro benzene ring substituents is 1. The van der Waals surface area contributed by atoms with Crippen LogP contribution in [0.5, 0.6) is 0 Å². The number of hydrogen-bond donors (Lipinski definition) is 1. The van der Waals surface area contributed by atoms with Crippen LogP contribution in [-0.4, -0.2) is 61.7 Å². The summed E-state index contributed by atoms with van der Waals surface area (Å²) in [6, 6.07) is 11.3. The zero-order valence-corrected chi connectivity index (χ0v) is 18.0. The van der Waals surface area contributed by atoms with Crippen LogP contribution in [0, 0.1) is 21.8 Å². The molecule has 170 valence electrons. The lowest BCUT2D eigenvalue weighted by Gasteiger charge is -2.49. The second-order valence-corrected chi connectivity index (χ2v) is 8.29. The summed E-state index contributed by atoms with van der Waals surface area (Å²) in [5.74, 6) is -0.667. The average Bonchev–Trinajstić information content (AvgIpc) is 2.79. The van der Waals surface area contributed by atoms with Crippen LogP contribution in [0.2, 0.25) is 0 Å². The van der Waals surface area contributed by atoms with Gasteiger partial charge in [-0.2, -0.15) is 0 Å². The maximum Gasteiger partial charge on any atom is 0.269 e. The predicted molar refractivity (Wildman–Crippen MR) is 118 cm³/mol. The van der Waals surface area contributed by atoms with Gasteiger partial charge >= 0.3 is 0 Å². The molecule has 2 heterocycles. The van der Waals surface area contributed by atoms with Gasteiger partial charge in [0.25, 0.3) is 5.69 Å². The number of halogens is 1. The normalized spacial score (nSPS) is 20.4. The Morgan fingerprint density at radius 3 is 2.75 bits per heavy atom. The van der Waals surface area contributed by atoms with E-state index in [4.69, 9.17) is 4.74 Å². The molecule has 8 nitrogen and oxygen atoms in total. The molecule has 0 aliphatic carbocycles. The Labute approximate surface area is 186 Å². The molecule has 0 saturated carbocycles. The molecular formula is C23H27FN4O4. The van der Waals surface area contributed by atoms with E-state index in [1.807, 2.05) is 0 Å². The molecule has 2 aromatic carbocycles. The highest BCUT2D eigenvalue weighted by Crippen LogP contribution is 2.38. The van der Waals surface area contributed by atoms with Gasteiger partial charge in [0.2, 0.25) is 5.91 Å². The molecule has 1 saturated heterocycles. The Morgan fingerprint density at radius 1 is 1.25 bits per heavy atom. The fourth-order valence-corrected chi connectivity index (χ4v) is 4.68. The van der Waals surface area contributed by atoms with E-state index < -0.39 is 4.92 Å². The maximum atomic E-state index is 13.3. The lowest BCUT2D eigenvalue weighted by Crippen LogP contribution is -2.61. The Balaban J connectivity index is 1.57. The van der Waals surface area contributed by atoms with Crippen molar-refractivity contribution in [1.82, 2.24) is 10.2 Å². The van der Waals surface area contributed by atoms with E-state index in [1.165, 1.54) is 18.2 Å². The summed E-state index contributed by atoms with van der Waals surface area (Å²) in [6.07, 6.45) is 0.446. The molecule has 0 radical (unpaired) electrons. The second-order valence-electron chi connectivity index (χ2n) is 8.29. The largest absolute Gasteiger partial charge is 0.383 e. The smallest absolute Gasteiger partial charge is 0.269 e. The average molecular weight is 442 g/mol. The number of nitro benzene ring substituents is 1. The van der Waals surface area contributed by atoms with Gasteiger partial charge in [0.05, 0.1) is 23.5 Å². The van der Waals surface area contributed by atoms with Gasteiger partial charge in [-0.15, -0.1) is 0 Å². The minimum Gasteiger partial charge on any atom is -0.383 e. The number of fused-ring (bicyclic) bond motifs is 3. The number of nitrogens with zero attached hydrogens (tertiary/aromatic N) is 3. The molecule has 2 aliphatic heterocycles. The number of methoxy groups -OCH3 is 1. The third kappa shape index (κ3) is 4.73. The van der Waals surface area contributed by atoms with Gasteiger partial charge in [0.1, 0.15) is 5.82 Å². The summed E-state index contributed by atoms with van der Waals surface area (Å²) in [4.78, 5) is 28.4. The summed E-state index contributed by atoms with van der Waals surface area (Å²) in [5.41, 5.74) is 2.85. The number of anilines is 1. The molecule has 2 atom stereocenters. The molecule has 0 aromatic heterocycles. The van der Waals surface area contributed by atoms with E-state index in [2.05, 4.69) is 15.1 Å². The van der Waals surface area contributed by atoms with Crippen molar-refractivity contribution in [2.24, 2.45) is 5.92 Å². The van der Waals surface area contributed by atoms with Gasteiger partial charge in [-0.05, 0) is 35.7 Å². The van der Waals surface area contributed by atoms with Gasteiger partial charge in [-0.25, -0.2) is 4.39 Å². The van der Waals surface area contributed by atoms with Crippen LogP contribution < -0.4 is 10.2 Å². The lowest BCUT2D eigenvalue weighted by molar-refractivity contribution is -0.384. The molecular weight excluding hydrogens is 415 g/mol. The van der Waals surface area contributed by atoms with Crippen LogP contribution in [0.3, 0.4) is 0 Å². The molecule has 4 rings (SSSR count). The number of hydrogen-bond acceptors (Lipinski definition) is 6. The molecule has 1 fully saturated rings. The first kappa shape index (κ1) is 22.2. The Bertz CT molecular complexity index is 984. The van der Waals surface area contributed by atoms with E-state index in [9.17, 15) is 19.3 Å². The highest BCUT2D eigenvalue weighted by Gasteiger charge is 2.41. The first-order chi connectivity index (χ1) is 15.5. The fourth-order valence-electron chi connectivity index (χ4n) is 4.68. The van der Waals surface area contributed by atoms with Crippen molar-refractivity contribution < 1.29 is 18.8 Å². The number of amides is 1. The summed E-state index contributed by atoms with van der Waals surface area (Å²) in [5, 5.41) is 14.2. The van der Waals surface area contributed by atoms with Gasteiger partial charge in [-0.3, -0.25) is 19.8 Å². The fraction of sp³-hybridized carbons (Fsp3) is 0.435. The van der Waals surface area contributed by atoms with Gasteiger partial charge < -0.3 is 15.0 Å². The molecule has 1 amide bonds. The first-order valence-corrected chi connectivity index (χ1v) is 10.7.